The van der Waals surface area contributed by atoms with Gasteiger partial charge in [0.05, 0.1) is 6.61 Å². The van der Waals surface area contributed by atoms with Crippen molar-refractivity contribution in [2.45, 2.75) is 32.2 Å². The predicted molar refractivity (Wildman–Crippen MR) is 70.8 cm³/mol. The van der Waals surface area contributed by atoms with Crippen molar-refractivity contribution in [2.24, 2.45) is 0 Å². The van der Waals surface area contributed by atoms with Crippen LogP contribution in [0, 0.1) is 0 Å². The molecule has 2 amide bonds. The molecule has 0 radical (unpaired) electrons. The van der Waals surface area contributed by atoms with Crippen LogP contribution in [0.15, 0.2) is 0 Å². The van der Waals surface area contributed by atoms with Crippen molar-refractivity contribution in [3.05, 3.63) is 0 Å². The van der Waals surface area contributed by atoms with Crippen LogP contribution in [0.4, 0.5) is 4.79 Å². The molecular formula is C13H23N3O3. The fourth-order valence-corrected chi connectivity index (χ4v) is 2.16. The molecule has 1 aliphatic heterocycles. The lowest BCUT2D eigenvalue weighted by molar-refractivity contribution is -0.121. The number of hydrogen-bond acceptors (Lipinski definition) is 4. The second-order valence-electron chi connectivity index (χ2n) is 5.12. The molecule has 0 bridgehead atoms. The largest absolute Gasteiger partial charge is 0.450 e. The zero-order valence-corrected chi connectivity index (χ0v) is 11.6. The molecule has 108 valence electrons. The van der Waals surface area contributed by atoms with Gasteiger partial charge in [0.1, 0.15) is 0 Å². The third kappa shape index (κ3) is 4.70. The first kappa shape index (κ1) is 14.1. The van der Waals surface area contributed by atoms with Crippen LogP contribution < -0.4 is 5.32 Å². The van der Waals surface area contributed by atoms with E-state index >= 15 is 0 Å². The fraction of sp³-hybridized carbons (Fsp3) is 0.846. The SMILES string of the molecule is CCOC(=O)N1CCN(CCC(=O)NC2CC2)CC1. The van der Waals surface area contributed by atoms with Gasteiger partial charge in [-0.25, -0.2) is 4.79 Å². The van der Waals surface area contributed by atoms with E-state index in [0.29, 0.717) is 32.2 Å². The predicted octanol–water partition coefficient (Wildman–Crippen LogP) is 0.429. The van der Waals surface area contributed by atoms with Crippen molar-refractivity contribution >= 4 is 12.0 Å². The minimum atomic E-state index is -0.228. The summed E-state index contributed by atoms with van der Waals surface area (Å²) in [6, 6.07) is 0.438. The number of piperazine rings is 1. The summed E-state index contributed by atoms with van der Waals surface area (Å²) in [7, 11) is 0. The third-order valence-electron chi connectivity index (χ3n) is 3.50. The standard InChI is InChI=1S/C13H23N3O3/c1-2-19-13(18)16-9-7-15(8-10-16)6-5-12(17)14-11-3-4-11/h11H,2-10H2,1H3,(H,14,17). The Hall–Kier alpha value is -1.30. The van der Waals surface area contributed by atoms with Crippen molar-refractivity contribution in [1.29, 1.82) is 0 Å². The molecule has 1 aliphatic carbocycles. The number of ether oxygens (including phenoxy) is 1. The molecule has 19 heavy (non-hydrogen) atoms. The lowest BCUT2D eigenvalue weighted by Gasteiger charge is -2.33. The number of rotatable bonds is 5. The van der Waals surface area contributed by atoms with Gasteiger partial charge in [-0.1, -0.05) is 0 Å². The molecule has 2 fully saturated rings. The molecule has 1 saturated carbocycles. The van der Waals surface area contributed by atoms with Crippen LogP contribution in [0.1, 0.15) is 26.2 Å². The number of carbonyl (C=O) groups excluding carboxylic acids is 2. The van der Waals surface area contributed by atoms with Crippen LogP contribution in [0.3, 0.4) is 0 Å². The first-order valence-corrected chi connectivity index (χ1v) is 7.12. The van der Waals surface area contributed by atoms with E-state index in [1.807, 2.05) is 6.92 Å². The topological polar surface area (TPSA) is 61.9 Å². The molecule has 0 aromatic rings. The number of carbonyl (C=O) groups is 2. The normalized spacial score (nSPS) is 20.2. The zero-order valence-electron chi connectivity index (χ0n) is 11.6. The molecular weight excluding hydrogens is 246 g/mol. The first-order chi connectivity index (χ1) is 9.19. The summed E-state index contributed by atoms with van der Waals surface area (Å²) in [6.45, 7) is 6.00. The Morgan fingerprint density at radius 2 is 1.89 bits per heavy atom. The average Bonchev–Trinajstić information content (AvgIpc) is 3.21. The molecule has 1 heterocycles. The van der Waals surface area contributed by atoms with Gasteiger partial charge in [0.15, 0.2) is 0 Å². The lowest BCUT2D eigenvalue weighted by Crippen LogP contribution is -2.49. The average molecular weight is 269 g/mol. The van der Waals surface area contributed by atoms with Gasteiger partial charge >= 0.3 is 6.09 Å². The molecule has 2 rings (SSSR count). The fourth-order valence-electron chi connectivity index (χ4n) is 2.16. The monoisotopic (exact) mass is 269 g/mol. The molecule has 0 spiro atoms. The van der Waals surface area contributed by atoms with Crippen molar-refractivity contribution in [1.82, 2.24) is 15.1 Å². The quantitative estimate of drug-likeness (QED) is 0.786. The van der Waals surface area contributed by atoms with E-state index in [9.17, 15) is 9.59 Å². The van der Waals surface area contributed by atoms with E-state index in [1.54, 1.807) is 4.90 Å². The molecule has 6 heteroatoms. The van der Waals surface area contributed by atoms with Crippen molar-refractivity contribution in [2.75, 3.05) is 39.3 Å². The molecule has 0 unspecified atom stereocenters. The molecule has 0 atom stereocenters. The summed E-state index contributed by atoms with van der Waals surface area (Å²) in [5.74, 6) is 0.148. The summed E-state index contributed by atoms with van der Waals surface area (Å²) in [5, 5.41) is 2.99. The van der Waals surface area contributed by atoms with Crippen LogP contribution in [0.2, 0.25) is 0 Å². The van der Waals surface area contributed by atoms with Crippen LogP contribution >= 0.6 is 0 Å². The highest BCUT2D eigenvalue weighted by Gasteiger charge is 2.24. The summed E-state index contributed by atoms with van der Waals surface area (Å²) in [5.41, 5.74) is 0. The minimum absolute atomic E-state index is 0.148. The molecule has 1 saturated heterocycles. The Balaban J connectivity index is 1.60. The van der Waals surface area contributed by atoms with Crippen LogP contribution in [-0.2, 0) is 9.53 Å². The summed E-state index contributed by atoms with van der Waals surface area (Å²) >= 11 is 0. The van der Waals surface area contributed by atoms with Gasteiger partial charge in [0.25, 0.3) is 0 Å². The number of nitrogens with one attached hydrogen (secondary N) is 1. The van der Waals surface area contributed by atoms with Crippen LogP contribution in [0.5, 0.6) is 0 Å². The van der Waals surface area contributed by atoms with Gasteiger partial charge in [0.2, 0.25) is 5.91 Å². The van der Waals surface area contributed by atoms with Crippen molar-refractivity contribution in [3.63, 3.8) is 0 Å². The molecule has 6 nitrogen and oxygen atoms in total. The van der Waals surface area contributed by atoms with Crippen molar-refractivity contribution < 1.29 is 14.3 Å². The Kier molecular flexibility index (Phi) is 5.01. The minimum Gasteiger partial charge on any atom is -0.450 e. The molecule has 2 aliphatic rings. The Bertz CT molecular complexity index is 323. The van der Waals surface area contributed by atoms with Gasteiger partial charge in [0, 0.05) is 45.2 Å². The van der Waals surface area contributed by atoms with Gasteiger partial charge in [-0.2, -0.15) is 0 Å². The zero-order chi connectivity index (χ0) is 13.7. The number of hydrogen-bond donors (Lipinski definition) is 1. The van der Waals surface area contributed by atoms with E-state index in [1.165, 1.54) is 0 Å². The number of amides is 2. The maximum atomic E-state index is 11.6. The van der Waals surface area contributed by atoms with E-state index < -0.39 is 0 Å². The highest BCUT2D eigenvalue weighted by molar-refractivity contribution is 5.76. The smallest absolute Gasteiger partial charge is 0.409 e. The summed E-state index contributed by atoms with van der Waals surface area (Å²) in [4.78, 5) is 27.0. The maximum absolute atomic E-state index is 11.6. The third-order valence-corrected chi connectivity index (χ3v) is 3.50. The maximum Gasteiger partial charge on any atom is 0.409 e. The first-order valence-electron chi connectivity index (χ1n) is 7.12. The van der Waals surface area contributed by atoms with E-state index in [2.05, 4.69) is 10.2 Å². The lowest BCUT2D eigenvalue weighted by atomic mass is 10.3. The van der Waals surface area contributed by atoms with Crippen molar-refractivity contribution in [3.8, 4) is 0 Å². The van der Waals surface area contributed by atoms with Gasteiger partial charge in [-0.15, -0.1) is 0 Å². The van der Waals surface area contributed by atoms with E-state index in [4.69, 9.17) is 4.74 Å². The number of nitrogens with zero attached hydrogens (tertiary/aromatic N) is 2. The van der Waals surface area contributed by atoms with Crippen LogP contribution in [-0.4, -0.2) is 67.2 Å². The van der Waals surface area contributed by atoms with Gasteiger partial charge in [-0.3, -0.25) is 9.69 Å². The Morgan fingerprint density at radius 3 is 2.47 bits per heavy atom. The Morgan fingerprint density at radius 1 is 1.21 bits per heavy atom. The second-order valence-corrected chi connectivity index (χ2v) is 5.12. The second kappa shape index (κ2) is 6.75. The molecule has 0 aromatic carbocycles. The Labute approximate surface area is 114 Å². The molecule has 1 N–H and O–H groups in total. The highest BCUT2D eigenvalue weighted by atomic mass is 16.6. The van der Waals surface area contributed by atoms with E-state index in [-0.39, 0.29) is 12.0 Å². The molecule has 0 aromatic heterocycles. The highest BCUT2D eigenvalue weighted by Crippen LogP contribution is 2.18. The van der Waals surface area contributed by atoms with Gasteiger partial charge < -0.3 is 15.0 Å². The summed E-state index contributed by atoms with van der Waals surface area (Å²) in [6.07, 6.45) is 2.58. The van der Waals surface area contributed by atoms with E-state index in [0.717, 1.165) is 32.5 Å². The van der Waals surface area contributed by atoms with Crippen LogP contribution in [0.25, 0.3) is 0 Å². The summed E-state index contributed by atoms with van der Waals surface area (Å²) < 4.78 is 4.97. The van der Waals surface area contributed by atoms with Gasteiger partial charge in [-0.05, 0) is 19.8 Å².